The fourth-order valence-electron chi connectivity index (χ4n) is 2.67. The molecule has 0 heterocycles. The standard InChI is InChI=1S/C22H20FNO2S/c1-15-8-13-20(26-2)19(14-15)24-22(25)21(16-6-4-3-5-7-16)27-18-11-9-17(23)10-12-18/h3-14,21H,1-2H3,(H,24,25)/t21-/m0/s1. The minimum Gasteiger partial charge on any atom is -0.495 e. The van der Waals surface area contributed by atoms with Crippen molar-refractivity contribution in [2.24, 2.45) is 0 Å². The maximum absolute atomic E-state index is 13.2. The first kappa shape index (κ1) is 19.0. The van der Waals surface area contributed by atoms with Crippen LogP contribution in [0.2, 0.25) is 0 Å². The van der Waals surface area contributed by atoms with Crippen LogP contribution in [0, 0.1) is 12.7 Å². The molecule has 0 spiro atoms. The Morgan fingerprint density at radius 2 is 1.74 bits per heavy atom. The summed E-state index contributed by atoms with van der Waals surface area (Å²) in [5.74, 6) is 0.136. The number of nitrogens with one attached hydrogen (secondary N) is 1. The third-order valence-corrected chi connectivity index (χ3v) is 5.29. The molecule has 0 radical (unpaired) electrons. The van der Waals surface area contributed by atoms with E-state index in [1.54, 1.807) is 19.2 Å². The average Bonchev–Trinajstić information content (AvgIpc) is 2.68. The number of amides is 1. The molecule has 0 aliphatic rings. The van der Waals surface area contributed by atoms with Crippen LogP contribution in [0.3, 0.4) is 0 Å². The van der Waals surface area contributed by atoms with Crippen LogP contribution in [0.25, 0.3) is 0 Å². The van der Waals surface area contributed by atoms with Crippen LogP contribution in [-0.4, -0.2) is 13.0 Å². The molecule has 3 aromatic rings. The fraction of sp³-hybridized carbons (Fsp3) is 0.136. The molecule has 0 aliphatic heterocycles. The van der Waals surface area contributed by atoms with Gasteiger partial charge in [-0.25, -0.2) is 4.39 Å². The number of carbonyl (C=O) groups is 1. The van der Waals surface area contributed by atoms with E-state index in [-0.39, 0.29) is 11.7 Å². The van der Waals surface area contributed by atoms with Crippen LogP contribution < -0.4 is 10.1 Å². The predicted octanol–water partition coefficient (Wildman–Crippen LogP) is 5.61. The lowest BCUT2D eigenvalue weighted by atomic mass is 10.1. The summed E-state index contributed by atoms with van der Waals surface area (Å²) in [5, 5.41) is 2.49. The van der Waals surface area contributed by atoms with E-state index in [9.17, 15) is 9.18 Å². The molecule has 0 bridgehead atoms. The van der Waals surface area contributed by atoms with Crippen molar-refractivity contribution < 1.29 is 13.9 Å². The number of ether oxygens (including phenoxy) is 1. The molecular weight excluding hydrogens is 361 g/mol. The zero-order valence-electron chi connectivity index (χ0n) is 15.1. The maximum Gasteiger partial charge on any atom is 0.242 e. The molecule has 0 saturated carbocycles. The number of methoxy groups -OCH3 is 1. The van der Waals surface area contributed by atoms with Crippen molar-refractivity contribution in [3.05, 3.63) is 89.7 Å². The molecule has 5 heteroatoms. The Bertz CT molecular complexity index is 913. The third-order valence-electron chi connectivity index (χ3n) is 4.02. The number of carbonyl (C=O) groups excluding carboxylic acids is 1. The summed E-state index contributed by atoms with van der Waals surface area (Å²) < 4.78 is 18.6. The second-order valence-electron chi connectivity index (χ2n) is 6.06. The first-order valence-electron chi connectivity index (χ1n) is 8.49. The van der Waals surface area contributed by atoms with Crippen LogP contribution >= 0.6 is 11.8 Å². The Morgan fingerprint density at radius 3 is 2.41 bits per heavy atom. The van der Waals surface area contributed by atoms with E-state index in [1.165, 1.54) is 23.9 Å². The fourth-order valence-corrected chi connectivity index (χ4v) is 3.69. The highest BCUT2D eigenvalue weighted by atomic mass is 32.2. The van der Waals surface area contributed by atoms with Crippen molar-refractivity contribution in [2.45, 2.75) is 17.1 Å². The molecule has 138 valence electrons. The van der Waals surface area contributed by atoms with Crippen LogP contribution in [-0.2, 0) is 4.79 Å². The lowest BCUT2D eigenvalue weighted by molar-refractivity contribution is -0.115. The Morgan fingerprint density at radius 1 is 1.04 bits per heavy atom. The van der Waals surface area contributed by atoms with E-state index in [1.807, 2.05) is 55.5 Å². The first-order valence-corrected chi connectivity index (χ1v) is 9.37. The molecule has 3 aromatic carbocycles. The number of benzene rings is 3. The molecule has 0 fully saturated rings. The second kappa shape index (κ2) is 8.73. The summed E-state index contributed by atoms with van der Waals surface area (Å²) in [6.07, 6.45) is 0. The zero-order chi connectivity index (χ0) is 19.2. The molecular formula is C22H20FNO2S. The number of aryl methyl sites for hydroxylation is 1. The van der Waals surface area contributed by atoms with Gasteiger partial charge in [-0.05, 0) is 54.4 Å². The highest BCUT2D eigenvalue weighted by Crippen LogP contribution is 2.37. The van der Waals surface area contributed by atoms with Gasteiger partial charge in [-0.2, -0.15) is 0 Å². The highest BCUT2D eigenvalue weighted by Gasteiger charge is 2.23. The monoisotopic (exact) mass is 381 g/mol. The Hall–Kier alpha value is -2.79. The van der Waals surface area contributed by atoms with Crippen LogP contribution in [0.1, 0.15) is 16.4 Å². The summed E-state index contributed by atoms with van der Waals surface area (Å²) in [4.78, 5) is 13.9. The number of thioether (sulfide) groups is 1. The van der Waals surface area contributed by atoms with Crippen LogP contribution in [0.5, 0.6) is 5.75 Å². The second-order valence-corrected chi connectivity index (χ2v) is 7.23. The summed E-state index contributed by atoms with van der Waals surface area (Å²) >= 11 is 1.38. The predicted molar refractivity (Wildman–Crippen MR) is 108 cm³/mol. The average molecular weight is 381 g/mol. The van der Waals surface area contributed by atoms with E-state index >= 15 is 0 Å². The minimum atomic E-state index is -0.484. The molecule has 3 nitrogen and oxygen atoms in total. The minimum absolute atomic E-state index is 0.167. The van der Waals surface area contributed by atoms with Gasteiger partial charge in [-0.3, -0.25) is 4.79 Å². The Balaban J connectivity index is 1.89. The van der Waals surface area contributed by atoms with E-state index in [0.29, 0.717) is 11.4 Å². The molecule has 1 atom stereocenters. The summed E-state index contributed by atoms with van der Waals surface area (Å²) in [6, 6.07) is 21.3. The van der Waals surface area contributed by atoms with Gasteiger partial charge >= 0.3 is 0 Å². The maximum atomic E-state index is 13.2. The van der Waals surface area contributed by atoms with Gasteiger partial charge in [-0.1, -0.05) is 36.4 Å². The van der Waals surface area contributed by atoms with Crippen LogP contribution in [0.4, 0.5) is 10.1 Å². The van der Waals surface area contributed by atoms with Crippen LogP contribution in [0.15, 0.2) is 77.7 Å². The number of halogens is 1. The molecule has 3 rings (SSSR count). The van der Waals surface area contributed by atoms with Crippen molar-refractivity contribution in [3.8, 4) is 5.75 Å². The van der Waals surface area contributed by atoms with Crippen molar-refractivity contribution in [3.63, 3.8) is 0 Å². The van der Waals surface area contributed by atoms with E-state index in [0.717, 1.165) is 16.0 Å². The number of rotatable bonds is 6. The molecule has 27 heavy (non-hydrogen) atoms. The van der Waals surface area contributed by atoms with Gasteiger partial charge in [0.1, 0.15) is 16.8 Å². The molecule has 0 unspecified atom stereocenters. The van der Waals surface area contributed by atoms with Gasteiger partial charge in [0, 0.05) is 4.90 Å². The molecule has 0 saturated heterocycles. The van der Waals surface area contributed by atoms with Gasteiger partial charge in [0.25, 0.3) is 0 Å². The number of anilines is 1. The van der Waals surface area contributed by atoms with E-state index < -0.39 is 5.25 Å². The quantitative estimate of drug-likeness (QED) is 0.564. The lowest BCUT2D eigenvalue weighted by Gasteiger charge is -2.18. The Labute approximate surface area is 162 Å². The van der Waals surface area contributed by atoms with Crippen molar-refractivity contribution in [2.75, 3.05) is 12.4 Å². The SMILES string of the molecule is COc1ccc(C)cc1NC(=O)[C@@H](Sc1ccc(F)cc1)c1ccccc1. The van der Waals surface area contributed by atoms with Gasteiger partial charge in [0.05, 0.1) is 12.8 Å². The summed E-state index contributed by atoms with van der Waals surface area (Å²) in [7, 11) is 1.57. The smallest absolute Gasteiger partial charge is 0.242 e. The normalized spacial score (nSPS) is 11.7. The lowest BCUT2D eigenvalue weighted by Crippen LogP contribution is -2.19. The number of hydrogen-bond acceptors (Lipinski definition) is 3. The van der Waals surface area contributed by atoms with Gasteiger partial charge in [0.15, 0.2) is 0 Å². The van der Waals surface area contributed by atoms with Crippen molar-refractivity contribution in [1.29, 1.82) is 0 Å². The highest BCUT2D eigenvalue weighted by molar-refractivity contribution is 8.00. The van der Waals surface area contributed by atoms with E-state index in [2.05, 4.69) is 5.32 Å². The topological polar surface area (TPSA) is 38.3 Å². The third kappa shape index (κ3) is 4.89. The summed E-state index contributed by atoms with van der Waals surface area (Å²) in [5.41, 5.74) is 2.52. The largest absolute Gasteiger partial charge is 0.495 e. The van der Waals surface area contributed by atoms with Crippen molar-refractivity contribution >= 4 is 23.4 Å². The molecule has 0 aromatic heterocycles. The van der Waals surface area contributed by atoms with Gasteiger partial charge in [-0.15, -0.1) is 11.8 Å². The Kier molecular flexibility index (Phi) is 6.14. The van der Waals surface area contributed by atoms with E-state index in [4.69, 9.17) is 4.74 Å². The van der Waals surface area contributed by atoms with Crippen molar-refractivity contribution in [1.82, 2.24) is 0 Å². The molecule has 1 amide bonds. The van der Waals surface area contributed by atoms with Gasteiger partial charge < -0.3 is 10.1 Å². The summed E-state index contributed by atoms with van der Waals surface area (Å²) in [6.45, 7) is 1.96. The van der Waals surface area contributed by atoms with Gasteiger partial charge in [0.2, 0.25) is 5.91 Å². The number of hydrogen-bond donors (Lipinski definition) is 1. The first-order chi connectivity index (χ1) is 13.1. The zero-order valence-corrected chi connectivity index (χ0v) is 15.9. The molecule has 0 aliphatic carbocycles. The molecule has 1 N–H and O–H groups in total.